The van der Waals surface area contributed by atoms with Gasteiger partial charge in [-0.15, -0.1) is 0 Å². The number of nitrogens with one attached hydrogen (secondary N) is 1. The molecule has 1 N–H and O–H groups in total. The topological polar surface area (TPSA) is 60.5 Å². The molecule has 1 amide bonds. The summed E-state index contributed by atoms with van der Waals surface area (Å²) in [6.45, 7) is 0.432. The minimum absolute atomic E-state index is 0.000524. The van der Waals surface area contributed by atoms with Gasteiger partial charge in [-0.2, -0.15) is 0 Å². The third kappa shape index (κ3) is 4.98. The number of rotatable bonds is 7. The Morgan fingerprint density at radius 3 is 2.75 bits per heavy atom. The average Bonchev–Trinajstić information content (AvgIpc) is 3.12. The van der Waals surface area contributed by atoms with E-state index in [-0.39, 0.29) is 18.6 Å². The van der Waals surface area contributed by atoms with Gasteiger partial charge in [-0.05, 0) is 49.4 Å². The molecule has 2 aromatic rings. The number of amides is 1. The quantitative estimate of drug-likeness (QED) is 0.849. The van der Waals surface area contributed by atoms with Crippen LogP contribution < -0.4 is 14.8 Å². The van der Waals surface area contributed by atoms with E-state index in [1.807, 2.05) is 42.5 Å². The minimum Gasteiger partial charge on any atom is -0.484 e. The van der Waals surface area contributed by atoms with Crippen molar-refractivity contribution >= 4 is 5.91 Å². The first-order valence-electron chi connectivity index (χ1n) is 8.36. The van der Waals surface area contributed by atoms with Gasteiger partial charge >= 0.3 is 0 Å². The van der Waals surface area contributed by atoms with Gasteiger partial charge in [0, 0.05) is 18.8 Å². The van der Waals surface area contributed by atoms with E-state index in [9.17, 15) is 4.79 Å². The summed E-state index contributed by atoms with van der Waals surface area (Å²) in [6.07, 6.45) is 6.64. The number of ether oxygens (including phenoxy) is 2. The molecule has 0 atom stereocenters. The molecule has 1 aromatic heterocycles. The van der Waals surface area contributed by atoms with Crippen LogP contribution >= 0.6 is 0 Å². The van der Waals surface area contributed by atoms with Crippen LogP contribution in [0.2, 0.25) is 0 Å². The summed E-state index contributed by atoms with van der Waals surface area (Å²) >= 11 is 0. The highest BCUT2D eigenvalue weighted by Gasteiger charge is 2.17. The fraction of sp³-hybridized carbons (Fsp3) is 0.368. The Morgan fingerprint density at radius 1 is 1.17 bits per heavy atom. The Balaban J connectivity index is 1.44. The van der Waals surface area contributed by atoms with Crippen LogP contribution in [0.4, 0.5) is 0 Å². The molecule has 0 aliphatic heterocycles. The van der Waals surface area contributed by atoms with Crippen LogP contribution in [-0.4, -0.2) is 23.6 Å². The van der Waals surface area contributed by atoms with Gasteiger partial charge in [0.05, 0.1) is 0 Å². The zero-order valence-corrected chi connectivity index (χ0v) is 13.6. The number of para-hydroxylation sites is 1. The van der Waals surface area contributed by atoms with Crippen molar-refractivity contribution in [3.05, 3.63) is 54.2 Å². The molecule has 0 radical (unpaired) electrons. The number of hydrogen-bond donors (Lipinski definition) is 1. The van der Waals surface area contributed by atoms with Gasteiger partial charge in [0.15, 0.2) is 6.61 Å². The van der Waals surface area contributed by atoms with Crippen molar-refractivity contribution in [1.29, 1.82) is 0 Å². The lowest BCUT2D eigenvalue weighted by Gasteiger charge is -2.13. The monoisotopic (exact) mass is 326 g/mol. The van der Waals surface area contributed by atoms with Crippen molar-refractivity contribution in [1.82, 2.24) is 10.3 Å². The van der Waals surface area contributed by atoms with E-state index in [1.165, 1.54) is 12.8 Å². The summed E-state index contributed by atoms with van der Waals surface area (Å²) in [5.41, 5.74) is 0.964. The van der Waals surface area contributed by atoms with Crippen molar-refractivity contribution in [3.8, 4) is 11.6 Å². The molecule has 1 aliphatic rings. The molecule has 24 heavy (non-hydrogen) atoms. The minimum atomic E-state index is -0.158. The second-order valence-electron chi connectivity index (χ2n) is 5.91. The molecule has 1 saturated carbocycles. The van der Waals surface area contributed by atoms with Crippen molar-refractivity contribution in [2.24, 2.45) is 0 Å². The van der Waals surface area contributed by atoms with Gasteiger partial charge in [-0.3, -0.25) is 4.79 Å². The van der Waals surface area contributed by atoms with Crippen LogP contribution in [0.5, 0.6) is 11.6 Å². The van der Waals surface area contributed by atoms with Gasteiger partial charge in [-0.1, -0.05) is 18.2 Å². The molecule has 1 heterocycles. The normalized spacial score (nSPS) is 14.3. The van der Waals surface area contributed by atoms with E-state index in [2.05, 4.69) is 10.3 Å². The molecule has 0 spiro atoms. The number of benzene rings is 1. The standard InChI is InChI=1S/C19H22N2O3/c22-18(14-23-16-6-2-1-3-7-16)21-13-15-10-11-20-19(12-15)24-17-8-4-5-9-17/h1-3,6-7,10-12,17H,4-5,8-9,13-14H2,(H,21,22). The third-order valence-corrected chi connectivity index (χ3v) is 3.99. The van der Waals surface area contributed by atoms with E-state index in [0.29, 0.717) is 18.2 Å². The van der Waals surface area contributed by atoms with E-state index in [4.69, 9.17) is 9.47 Å². The van der Waals surface area contributed by atoms with Crippen LogP contribution in [0.15, 0.2) is 48.7 Å². The molecular formula is C19H22N2O3. The summed E-state index contributed by atoms with van der Waals surface area (Å²) in [5, 5.41) is 2.84. The predicted molar refractivity (Wildman–Crippen MR) is 90.9 cm³/mol. The molecule has 1 aromatic carbocycles. The maximum atomic E-state index is 11.9. The highest BCUT2D eigenvalue weighted by atomic mass is 16.5. The molecule has 1 fully saturated rings. The SMILES string of the molecule is O=C(COc1ccccc1)NCc1ccnc(OC2CCCC2)c1. The highest BCUT2D eigenvalue weighted by molar-refractivity contribution is 5.77. The van der Waals surface area contributed by atoms with Crippen molar-refractivity contribution in [2.45, 2.75) is 38.3 Å². The van der Waals surface area contributed by atoms with Crippen molar-refractivity contribution in [3.63, 3.8) is 0 Å². The van der Waals surface area contributed by atoms with E-state index >= 15 is 0 Å². The van der Waals surface area contributed by atoms with Gasteiger partial charge in [0.2, 0.25) is 5.88 Å². The maximum absolute atomic E-state index is 11.9. The Kier molecular flexibility index (Phi) is 5.66. The summed E-state index contributed by atoms with van der Waals surface area (Å²) < 4.78 is 11.3. The molecule has 5 heteroatoms. The molecule has 3 rings (SSSR count). The van der Waals surface area contributed by atoms with Crippen LogP contribution in [0.1, 0.15) is 31.2 Å². The number of carbonyl (C=O) groups is 1. The first kappa shape index (κ1) is 16.3. The lowest BCUT2D eigenvalue weighted by atomic mass is 10.2. The second-order valence-corrected chi connectivity index (χ2v) is 5.91. The molecule has 0 unspecified atom stereocenters. The van der Waals surface area contributed by atoms with Crippen LogP contribution in [0.25, 0.3) is 0 Å². The van der Waals surface area contributed by atoms with Gasteiger partial charge in [-0.25, -0.2) is 4.98 Å². The van der Waals surface area contributed by atoms with Gasteiger partial charge in [0.25, 0.3) is 5.91 Å². The maximum Gasteiger partial charge on any atom is 0.258 e. The molecule has 1 aliphatic carbocycles. The van der Waals surface area contributed by atoms with Crippen LogP contribution in [0, 0.1) is 0 Å². The Labute approximate surface area is 142 Å². The summed E-state index contributed by atoms with van der Waals surface area (Å²) in [6, 6.07) is 13.1. The summed E-state index contributed by atoms with van der Waals surface area (Å²) in [4.78, 5) is 16.1. The fourth-order valence-corrected chi connectivity index (χ4v) is 2.72. The zero-order chi connectivity index (χ0) is 16.6. The number of aromatic nitrogens is 1. The number of pyridine rings is 1. The van der Waals surface area contributed by atoms with Crippen molar-refractivity contribution < 1.29 is 14.3 Å². The van der Waals surface area contributed by atoms with E-state index in [0.717, 1.165) is 18.4 Å². The number of hydrogen-bond acceptors (Lipinski definition) is 4. The lowest BCUT2D eigenvalue weighted by molar-refractivity contribution is -0.123. The second kappa shape index (κ2) is 8.34. The number of nitrogens with zero attached hydrogens (tertiary/aromatic N) is 1. The largest absolute Gasteiger partial charge is 0.484 e. The Hall–Kier alpha value is -2.56. The summed E-state index contributed by atoms with van der Waals surface area (Å²) in [5.74, 6) is 1.16. The molecule has 0 saturated heterocycles. The Bertz CT molecular complexity index is 655. The van der Waals surface area contributed by atoms with Crippen LogP contribution in [-0.2, 0) is 11.3 Å². The van der Waals surface area contributed by atoms with Crippen molar-refractivity contribution in [2.75, 3.05) is 6.61 Å². The third-order valence-electron chi connectivity index (χ3n) is 3.99. The Morgan fingerprint density at radius 2 is 1.96 bits per heavy atom. The first-order valence-corrected chi connectivity index (χ1v) is 8.36. The van der Waals surface area contributed by atoms with E-state index in [1.54, 1.807) is 6.20 Å². The molecule has 5 nitrogen and oxygen atoms in total. The van der Waals surface area contributed by atoms with Gasteiger partial charge in [0.1, 0.15) is 11.9 Å². The zero-order valence-electron chi connectivity index (χ0n) is 13.6. The average molecular weight is 326 g/mol. The lowest BCUT2D eigenvalue weighted by Crippen LogP contribution is -2.28. The smallest absolute Gasteiger partial charge is 0.258 e. The highest BCUT2D eigenvalue weighted by Crippen LogP contribution is 2.23. The van der Waals surface area contributed by atoms with E-state index < -0.39 is 0 Å². The molecule has 126 valence electrons. The summed E-state index contributed by atoms with van der Waals surface area (Å²) in [7, 11) is 0. The van der Waals surface area contributed by atoms with Gasteiger partial charge < -0.3 is 14.8 Å². The fourth-order valence-electron chi connectivity index (χ4n) is 2.72. The first-order chi connectivity index (χ1) is 11.8. The molecular weight excluding hydrogens is 304 g/mol. The molecule has 0 bridgehead atoms. The predicted octanol–water partition coefficient (Wildman–Crippen LogP) is 3.10. The van der Waals surface area contributed by atoms with Crippen LogP contribution in [0.3, 0.4) is 0 Å². The number of carbonyl (C=O) groups excluding carboxylic acids is 1.